The van der Waals surface area contributed by atoms with Gasteiger partial charge in [-0.3, -0.25) is 4.79 Å². The van der Waals surface area contributed by atoms with Crippen molar-refractivity contribution in [2.45, 2.75) is 64.7 Å². The smallest absolute Gasteiger partial charge is 0.178 e. The molecule has 3 saturated carbocycles. The minimum atomic E-state index is -0.473. The maximum atomic E-state index is 14.1. The molecule has 6 atom stereocenters. The Labute approximate surface area is 172 Å². The molecule has 0 N–H and O–H groups in total. The average molecular weight is 397 g/mol. The molecule has 1 aromatic carbocycles. The Morgan fingerprint density at radius 1 is 0.931 bits per heavy atom. The van der Waals surface area contributed by atoms with E-state index < -0.39 is 11.6 Å². The third-order valence-corrected chi connectivity index (χ3v) is 9.66. The molecule has 1 aromatic rings. The molecule has 3 fully saturated rings. The maximum Gasteiger partial charge on any atom is 0.178 e. The number of benzene rings is 1. The summed E-state index contributed by atoms with van der Waals surface area (Å²) >= 11 is 0. The van der Waals surface area contributed by atoms with Crippen LogP contribution in [0.25, 0.3) is 0 Å². The van der Waals surface area contributed by atoms with Crippen molar-refractivity contribution in [3.8, 4) is 0 Å². The van der Waals surface area contributed by atoms with Crippen molar-refractivity contribution in [3.63, 3.8) is 0 Å². The zero-order valence-electron chi connectivity index (χ0n) is 17.6. The minimum absolute atomic E-state index is 0.0118. The minimum Gasteiger partial charge on any atom is -0.290 e. The van der Waals surface area contributed by atoms with E-state index in [0.717, 1.165) is 50.2 Å². The second-order valence-corrected chi connectivity index (χ2v) is 10.6. The Bertz CT molecular complexity index is 926. The summed E-state index contributed by atoms with van der Waals surface area (Å²) in [6.07, 6.45) is 12.2. The highest BCUT2D eigenvalue weighted by Crippen LogP contribution is 2.69. The molecule has 5 rings (SSSR count). The molecule has 0 bridgehead atoms. The van der Waals surface area contributed by atoms with Crippen LogP contribution in [-0.4, -0.2) is 5.78 Å². The lowest BCUT2D eigenvalue weighted by Gasteiger charge is -2.59. The van der Waals surface area contributed by atoms with Crippen molar-refractivity contribution in [2.75, 3.05) is 0 Å². The quantitative estimate of drug-likeness (QED) is 0.527. The number of carbonyl (C=O) groups excluding carboxylic acids is 1. The fourth-order valence-corrected chi connectivity index (χ4v) is 7.81. The first-order chi connectivity index (χ1) is 13.7. The standard InChI is InChI=1S/C26H30F2O/c1-24-9-6-20(29)14-16(24)4-5-21-22(24)7-11-26(3)23(21)8-10-25(26,2)17-12-18(27)15-19(28)13-17/h6,9,12-15,21-23H,4-5,7-8,10-11H2,1-3H3/t21?,22-,23-,24-,25+,26-/m0/s1. The van der Waals surface area contributed by atoms with Crippen LogP contribution in [0.5, 0.6) is 0 Å². The van der Waals surface area contributed by atoms with Crippen LogP contribution >= 0.6 is 0 Å². The van der Waals surface area contributed by atoms with Crippen molar-refractivity contribution in [3.05, 3.63) is 59.2 Å². The van der Waals surface area contributed by atoms with Crippen molar-refractivity contribution in [1.29, 1.82) is 0 Å². The van der Waals surface area contributed by atoms with Crippen LogP contribution in [0.2, 0.25) is 0 Å². The molecule has 0 heterocycles. The number of hydrogen-bond donors (Lipinski definition) is 0. The highest BCUT2D eigenvalue weighted by atomic mass is 19.1. The molecule has 154 valence electrons. The molecule has 29 heavy (non-hydrogen) atoms. The zero-order valence-corrected chi connectivity index (χ0v) is 17.6. The SMILES string of the molecule is C[C@]12C=CC(=O)C=C1CCC1[C@@H]2CC[C@@]2(C)[C@H]1CC[C@]2(C)c1cc(F)cc(F)c1. The fraction of sp³-hybridized carbons (Fsp3) is 0.577. The van der Waals surface area contributed by atoms with Gasteiger partial charge in [0.2, 0.25) is 0 Å². The van der Waals surface area contributed by atoms with Crippen LogP contribution in [0.4, 0.5) is 8.78 Å². The molecule has 1 nitrogen and oxygen atoms in total. The zero-order chi connectivity index (χ0) is 20.6. The van der Waals surface area contributed by atoms with Gasteiger partial charge >= 0.3 is 0 Å². The van der Waals surface area contributed by atoms with Gasteiger partial charge in [-0.15, -0.1) is 0 Å². The second kappa shape index (κ2) is 6.12. The van der Waals surface area contributed by atoms with Crippen LogP contribution in [-0.2, 0) is 10.2 Å². The number of ketones is 1. The Kier molecular flexibility index (Phi) is 4.05. The number of hydrogen-bond acceptors (Lipinski definition) is 1. The first-order valence-corrected chi connectivity index (χ1v) is 11.1. The summed E-state index contributed by atoms with van der Waals surface area (Å²) in [5, 5.41) is 0. The summed E-state index contributed by atoms with van der Waals surface area (Å²) in [6, 6.07) is 4.09. The summed E-state index contributed by atoms with van der Waals surface area (Å²) in [7, 11) is 0. The van der Waals surface area contributed by atoms with Gasteiger partial charge in [0.15, 0.2) is 5.78 Å². The van der Waals surface area contributed by atoms with E-state index in [0.29, 0.717) is 17.8 Å². The summed E-state index contributed by atoms with van der Waals surface area (Å²) in [4.78, 5) is 11.9. The third-order valence-electron chi connectivity index (χ3n) is 9.66. The molecule has 4 aliphatic carbocycles. The lowest BCUT2D eigenvalue weighted by molar-refractivity contribution is -0.111. The van der Waals surface area contributed by atoms with Gasteiger partial charge in [0, 0.05) is 11.5 Å². The molecule has 1 unspecified atom stereocenters. The van der Waals surface area contributed by atoms with Crippen molar-refractivity contribution in [1.82, 2.24) is 0 Å². The molecule has 0 spiro atoms. The lowest BCUT2D eigenvalue weighted by atomic mass is 9.45. The third kappa shape index (κ3) is 2.52. The highest BCUT2D eigenvalue weighted by Gasteiger charge is 2.62. The van der Waals surface area contributed by atoms with Crippen LogP contribution in [0.15, 0.2) is 42.0 Å². The predicted octanol–water partition coefficient (Wildman–Crippen LogP) is 6.53. The summed E-state index contributed by atoms with van der Waals surface area (Å²) in [5.41, 5.74) is 1.95. The van der Waals surface area contributed by atoms with Gasteiger partial charge in [-0.1, -0.05) is 32.4 Å². The Morgan fingerprint density at radius 3 is 2.34 bits per heavy atom. The van der Waals surface area contributed by atoms with Crippen LogP contribution in [0, 0.1) is 40.2 Å². The number of carbonyl (C=O) groups is 1. The van der Waals surface area contributed by atoms with E-state index in [4.69, 9.17) is 0 Å². The molecule has 4 aliphatic rings. The van der Waals surface area contributed by atoms with E-state index in [1.807, 2.05) is 6.08 Å². The van der Waals surface area contributed by atoms with E-state index in [2.05, 4.69) is 26.8 Å². The molecular formula is C26H30F2O. The largest absolute Gasteiger partial charge is 0.290 e. The topological polar surface area (TPSA) is 17.1 Å². The van der Waals surface area contributed by atoms with Gasteiger partial charge in [-0.25, -0.2) is 8.78 Å². The summed E-state index contributed by atoms with van der Waals surface area (Å²) in [5.74, 6) is 0.892. The van der Waals surface area contributed by atoms with Crippen LogP contribution in [0.1, 0.15) is 64.9 Å². The van der Waals surface area contributed by atoms with Gasteiger partial charge in [0.25, 0.3) is 0 Å². The fourth-order valence-electron chi connectivity index (χ4n) is 7.81. The van der Waals surface area contributed by atoms with Crippen LogP contribution in [0.3, 0.4) is 0 Å². The van der Waals surface area contributed by atoms with Gasteiger partial charge in [0.1, 0.15) is 11.6 Å². The molecule has 0 aliphatic heterocycles. The Hall–Kier alpha value is -1.77. The number of rotatable bonds is 1. The number of fused-ring (bicyclic) bond motifs is 5. The van der Waals surface area contributed by atoms with Gasteiger partial charge in [-0.05, 0) is 97.0 Å². The second-order valence-electron chi connectivity index (χ2n) is 10.6. The summed E-state index contributed by atoms with van der Waals surface area (Å²) < 4.78 is 28.1. The lowest BCUT2D eigenvalue weighted by Crippen LogP contribution is -2.52. The molecule has 0 saturated heterocycles. The molecule has 0 radical (unpaired) electrons. The molecular weight excluding hydrogens is 366 g/mol. The highest BCUT2D eigenvalue weighted by molar-refractivity contribution is 6.01. The average Bonchev–Trinajstić information content (AvgIpc) is 2.94. The Morgan fingerprint density at radius 2 is 1.62 bits per heavy atom. The molecule has 0 amide bonds. The number of allylic oxidation sites excluding steroid dienone is 4. The van der Waals surface area contributed by atoms with Crippen molar-refractivity contribution in [2.24, 2.45) is 28.6 Å². The first kappa shape index (κ1) is 19.2. The van der Waals surface area contributed by atoms with Gasteiger partial charge < -0.3 is 0 Å². The molecule has 3 heteroatoms. The predicted molar refractivity (Wildman–Crippen MR) is 110 cm³/mol. The maximum absolute atomic E-state index is 14.1. The van der Waals surface area contributed by atoms with Crippen molar-refractivity contribution < 1.29 is 13.6 Å². The van der Waals surface area contributed by atoms with E-state index in [9.17, 15) is 13.6 Å². The van der Waals surface area contributed by atoms with E-state index >= 15 is 0 Å². The monoisotopic (exact) mass is 396 g/mol. The van der Waals surface area contributed by atoms with E-state index in [1.165, 1.54) is 5.57 Å². The van der Waals surface area contributed by atoms with E-state index in [1.54, 1.807) is 18.2 Å². The normalized spacial score (nSPS) is 43.4. The summed E-state index contributed by atoms with van der Waals surface area (Å²) in [6.45, 7) is 6.92. The number of halogens is 2. The Balaban J connectivity index is 1.52. The molecule has 0 aromatic heterocycles. The first-order valence-electron chi connectivity index (χ1n) is 11.1. The van der Waals surface area contributed by atoms with Crippen LogP contribution < -0.4 is 0 Å². The van der Waals surface area contributed by atoms with E-state index in [-0.39, 0.29) is 22.0 Å². The van der Waals surface area contributed by atoms with Crippen molar-refractivity contribution >= 4 is 5.78 Å². The van der Waals surface area contributed by atoms with Gasteiger partial charge in [0.05, 0.1) is 0 Å². The van der Waals surface area contributed by atoms with Gasteiger partial charge in [-0.2, -0.15) is 0 Å².